The Morgan fingerprint density at radius 3 is 2.45 bits per heavy atom. The first-order valence-electron chi connectivity index (χ1n) is 6.95. The van der Waals surface area contributed by atoms with Crippen LogP contribution in [0.2, 0.25) is 0 Å². The van der Waals surface area contributed by atoms with E-state index < -0.39 is 5.60 Å². The lowest BCUT2D eigenvalue weighted by Gasteiger charge is -2.28. The number of hydrogen-bond donors (Lipinski definition) is 1. The fourth-order valence-electron chi connectivity index (χ4n) is 2.31. The highest BCUT2D eigenvalue weighted by atomic mass is 35.5. The first-order chi connectivity index (χ1) is 9.68. The molecule has 20 heavy (non-hydrogen) atoms. The lowest BCUT2D eigenvalue weighted by atomic mass is 9.86. The first-order valence-corrected chi connectivity index (χ1v) is 7.49. The van der Waals surface area contributed by atoms with E-state index in [-0.39, 0.29) is 0 Å². The van der Waals surface area contributed by atoms with Crippen molar-refractivity contribution >= 4 is 11.6 Å². The van der Waals surface area contributed by atoms with Gasteiger partial charge in [0.1, 0.15) is 0 Å². The summed E-state index contributed by atoms with van der Waals surface area (Å²) in [6, 6.07) is 13.7. The number of benzene rings is 1. The predicted octanol–water partition coefficient (Wildman–Crippen LogP) is 3.70. The van der Waals surface area contributed by atoms with Gasteiger partial charge in [0.25, 0.3) is 0 Å². The van der Waals surface area contributed by atoms with Crippen LogP contribution in [0.15, 0.2) is 48.7 Å². The van der Waals surface area contributed by atoms with Crippen LogP contribution in [-0.4, -0.2) is 16.0 Å². The zero-order valence-corrected chi connectivity index (χ0v) is 12.5. The number of pyridine rings is 1. The highest BCUT2D eigenvalue weighted by Crippen LogP contribution is 2.29. The third kappa shape index (κ3) is 3.59. The lowest BCUT2D eigenvalue weighted by Crippen LogP contribution is -2.29. The summed E-state index contributed by atoms with van der Waals surface area (Å²) < 4.78 is 0. The molecule has 3 heteroatoms. The van der Waals surface area contributed by atoms with Crippen molar-refractivity contribution in [1.29, 1.82) is 0 Å². The molecule has 1 heterocycles. The van der Waals surface area contributed by atoms with E-state index in [2.05, 4.69) is 18.0 Å². The molecule has 0 aliphatic rings. The van der Waals surface area contributed by atoms with Crippen LogP contribution in [0.3, 0.4) is 0 Å². The molecule has 1 aromatic carbocycles. The van der Waals surface area contributed by atoms with Crippen LogP contribution < -0.4 is 0 Å². The molecule has 0 aliphatic heterocycles. The van der Waals surface area contributed by atoms with E-state index in [1.165, 1.54) is 5.56 Å². The summed E-state index contributed by atoms with van der Waals surface area (Å²) in [6.07, 6.45) is 3.84. The van der Waals surface area contributed by atoms with Gasteiger partial charge in [-0.25, -0.2) is 0 Å². The number of aromatic nitrogens is 1. The average molecular weight is 290 g/mol. The molecule has 0 radical (unpaired) electrons. The number of halogens is 1. The summed E-state index contributed by atoms with van der Waals surface area (Å²) in [5.74, 6) is 0.415. The molecule has 0 bridgehead atoms. The molecule has 2 rings (SSSR count). The van der Waals surface area contributed by atoms with Crippen molar-refractivity contribution in [2.24, 2.45) is 0 Å². The summed E-state index contributed by atoms with van der Waals surface area (Å²) in [5, 5.41) is 10.9. The second-order valence-corrected chi connectivity index (χ2v) is 5.40. The van der Waals surface area contributed by atoms with Crippen LogP contribution in [0.1, 0.15) is 30.2 Å². The van der Waals surface area contributed by atoms with Crippen molar-refractivity contribution in [3.63, 3.8) is 0 Å². The highest BCUT2D eigenvalue weighted by molar-refractivity contribution is 6.17. The summed E-state index contributed by atoms with van der Waals surface area (Å²) in [7, 11) is 0. The monoisotopic (exact) mass is 289 g/mol. The minimum atomic E-state index is -0.955. The van der Waals surface area contributed by atoms with Crippen molar-refractivity contribution in [3.8, 4) is 0 Å². The fraction of sp³-hybridized carbons (Fsp3) is 0.353. The van der Waals surface area contributed by atoms with Gasteiger partial charge in [-0.1, -0.05) is 43.3 Å². The molecule has 0 fully saturated rings. The summed E-state index contributed by atoms with van der Waals surface area (Å²) >= 11 is 5.87. The highest BCUT2D eigenvalue weighted by Gasteiger charge is 2.29. The normalized spacial score (nSPS) is 13.9. The van der Waals surface area contributed by atoms with Gasteiger partial charge in [0.2, 0.25) is 0 Å². The molecular formula is C17H20ClNO. The molecule has 1 N–H and O–H groups in total. The van der Waals surface area contributed by atoms with Gasteiger partial charge in [-0.2, -0.15) is 0 Å². The van der Waals surface area contributed by atoms with E-state index in [1.54, 1.807) is 0 Å². The van der Waals surface area contributed by atoms with Crippen molar-refractivity contribution in [2.75, 3.05) is 5.88 Å². The molecule has 0 saturated carbocycles. The first kappa shape index (κ1) is 15.0. The SMILES string of the molecule is CCc1ccc(CC(O)(CCCl)c2ccccc2)nc1. The number of nitrogens with zero attached hydrogens (tertiary/aromatic N) is 1. The molecule has 2 aromatic rings. The maximum absolute atomic E-state index is 10.9. The number of aryl methyl sites for hydroxylation is 1. The molecule has 2 nitrogen and oxygen atoms in total. The lowest BCUT2D eigenvalue weighted by molar-refractivity contribution is 0.0327. The van der Waals surface area contributed by atoms with Gasteiger partial charge >= 0.3 is 0 Å². The number of alkyl halides is 1. The largest absolute Gasteiger partial charge is 0.385 e. The van der Waals surface area contributed by atoms with Crippen LogP contribution >= 0.6 is 11.6 Å². The minimum Gasteiger partial charge on any atom is -0.385 e. The van der Waals surface area contributed by atoms with Gasteiger partial charge in [0, 0.05) is 24.2 Å². The van der Waals surface area contributed by atoms with Crippen molar-refractivity contribution < 1.29 is 5.11 Å². The van der Waals surface area contributed by atoms with Gasteiger partial charge in [0.15, 0.2) is 0 Å². The van der Waals surface area contributed by atoms with E-state index in [0.717, 1.165) is 17.7 Å². The molecule has 0 saturated heterocycles. The molecule has 1 aromatic heterocycles. The predicted molar refractivity (Wildman–Crippen MR) is 83.0 cm³/mol. The third-order valence-corrected chi connectivity index (χ3v) is 3.78. The second-order valence-electron chi connectivity index (χ2n) is 5.02. The summed E-state index contributed by atoms with van der Waals surface area (Å²) in [5.41, 5.74) is 2.03. The van der Waals surface area contributed by atoms with Crippen molar-refractivity contribution in [1.82, 2.24) is 4.98 Å². The Morgan fingerprint density at radius 1 is 1.15 bits per heavy atom. The Labute approximate surface area is 125 Å². The molecular weight excluding hydrogens is 270 g/mol. The molecule has 1 unspecified atom stereocenters. The second kappa shape index (κ2) is 6.87. The Bertz CT molecular complexity index is 526. The number of aliphatic hydroxyl groups is 1. The van der Waals surface area contributed by atoms with Crippen molar-refractivity contribution in [3.05, 3.63) is 65.5 Å². The van der Waals surface area contributed by atoms with Crippen LogP contribution in [0.5, 0.6) is 0 Å². The van der Waals surface area contributed by atoms with E-state index >= 15 is 0 Å². The van der Waals surface area contributed by atoms with Gasteiger partial charge in [-0.15, -0.1) is 11.6 Å². The van der Waals surface area contributed by atoms with Gasteiger partial charge < -0.3 is 5.11 Å². The molecule has 0 aliphatic carbocycles. The Hall–Kier alpha value is -1.38. The molecule has 106 valence electrons. The number of hydrogen-bond acceptors (Lipinski definition) is 2. The Balaban J connectivity index is 2.24. The zero-order valence-electron chi connectivity index (χ0n) is 11.7. The molecule has 1 atom stereocenters. The average Bonchev–Trinajstić information content (AvgIpc) is 2.49. The van der Waals surface area contributed by atoms with Crippen LogP contribution in [0.25, 0.3) is 0 Å². The van der Waals surface area contributed by atoms with E-state index in [1.807, 2.05) is 42.6 Å². The maximum atomic E-state index is 10.9. The van der Waals surface area contributed by atoms with Gasteiger partial charge in [-0.05, 0) is 30.0 Å². The molecule has 0 amide bonds. The quantitative estimate of drug-likeness (QED) is 0.823. The zero-order chi connectivity index (χ0) is 14.4. The topological polar surface area (TPSA) is 33.1 Å². The van der Waals surface area contributed by atoms with Crippen LogP contribution in [-0.2, 0) is 18.4 Å². The fourth-order valence-corrected chi connectivity index (χ4v) is 2.62. The maximum Gasteiger partial charge on any atom is 0.0963 e. The van der Waals surface area contributed by atoms with E-state index in [0.29, 0.717) is 18.7 Å². The summed E-state index contributed by atoms with van der Waals surface area (Å²) in [6.45, 7) is 2.10. The van der Waals surface area contributed by atoms with Crippen LogP contribution in [0, 0.1) is 0 Å². The third-order valence-electron chi connectivity index (χ3n) is 3.59. The van der Waals surface area contributed by atoms with Gasteiger partial charge in [-0.3, -0.25) is 4.98 Å². The minimum absolute atomic E-state index is 0.415. The Morgan fingerprint density at radius 2 is 1.90 bits per heavy atom. The van der Waals surface area contributed by atoms with Crippen LogP contribution in [0.4, 0.5) is 0 Å². The Kier molecular flexibility index (Phi) is 5.16. The van der Waals surface area contributed by atoms with Crippen molar-refractivity contribution in [2.45, 2.75) is 31.8 Å². The smallest absolute Gasteiger partial charge is 0.0963 e. The van der Waals surface area contributed by atoms with E-state index in [9.17, 15) is 5.11 Å². The van der Waals surface area contributed by atoms with Gasteiger partial charge in [0.05, 0.1) is 5.60 Å². The van der Waals surface area contributed by atoms with E-state index in [4.69, 9.17) is 11.6 Å². The number of rotatable bonds is 6. The standard InChI is InChI=1S/C17H20ClNO/c1-2-14-8-9-16(19-13-14)12-17(20,10-11-18)15-6-4-3-5-7-15/h3-9,13,20H,2,10-12H2,1H3. The summed E-state index contributed by atoms with van der Waals surface area (Å²) in [4.78, 5) is 4.44. The molecule has 0 spiro atoms.